The Morgan fingerprint density at radius 3 is 2.14 bits per heavy atom. The SMILES string of the molecule is C=Cc1cscc1/C=C\C.CC(C)C. The predicted octanol–water partition coefficient (Wildman–Crippen LogP) is 5.09. The van der Waals surface area contributed by atoms with Crippen molar-refractivity contribution in [3.8, 4) is 0 Å². The second-order valence-electron chi connectivity index (χ2n) is 3.72. The van der Waals surface area contributed by atoms with E-state index in [1.54, 1.807) is 11.3 Å². The van der Waals surface area contributed by atoms with E-state index in [9.17, 15) is 0 Å². The lowest BCUT2D eigenvalue weighted by atomic mass is 10.2. The molecule has 0 aliphatic heterocycles. The molecule has 0 N–H and O–H groups in total. The van der Waals surface area contributed by atoms with E-state index in [0.29, 0.717) is 0 Å². The Morgan fingerprint density at radius 2 is 1.71 bits per heavy atom. The molecule has 0 bridgehead atoms. The van der Waals surface area contributed by atoms with Crippen molar-refractivity contribution in [1.82, 2.24) is 0 Å². The summed E-state index contributed by atoms with van der Waals surface area (Å²) in [6.07, 6.45) is 6.01. The van der Waals surface area contributed by atoms with Crippen molar-refractivity contribution in [3.63, 3.8) is 0 Å². The molecular formula is C13H20S. The summed E-state index contributed by atoms with van der Waals surface area (Å²) in [4.78, 5) is 0. The molecule has 0 spiro atoms. The van der Waals surface area contributed by atoms with E-state index < -0.39 is 0 Å². The van der Waals surface area contributed by atoms with Crippen LogP contribution in [-0.4, -0.2) is 0 Å². The monoisotopic (exact) mass is 208 g/mol. The van der Waals surface area contributed by atoms with Gasteiger partial charge in [-0.25, -0.2) is 0 Å². The number of hydrogen-bond donors (Lipinski definition) is 0. The first-order valence-electron chi connectivity index (χ1n) is 4.93. The highest BCUT2D eigenvalue weighted by molar-refractivity contribution is 7.08. The average Bonchev–Trinajstić information content (AvgIpc) is 2.51. The van der Waals surface area contributed by atoms with Crippen LogP contribution in [0.2, 0.25) is 0 Å². The zero-order valence-electron chi connectivity index (χ0n) is 9.58. The van der Waals surface area contributed by atoms with Crippen molar-refractivity contribution in [2.24, 2.45) is 5.92 Å². The Labute approximate surface area is 92.0 Å². The van der Waals surface area contributed by atoms with Crippen LogP contribution in [0, 0.1) is 5.92 Å². The number of allylic oxidation sites excluding steroid dienone is 1. The molecule has 0 aliphatic carbocycles. The van der Waals surface area contributed by atoms with Crippen molar-refractivity contribution in [2.45, 2.75) is 27.7 Å². The van der Waals surface area contributed by atoms with E-state index in [4.69, 9.17) is 0 Å². The third-order valence-corrected chi connectivity index (χ3v) is 2.07. The normalized spacial score (nSPS) is 10.1. The second-order valence-corrected chi connectivity index (χ2v) is 4.46. The van der Waals surface area contributed by atoms with E-state index >= 15 is 0 Å². The summed E-state index contributed by atoms with van der Waals surface area (Å²) in [7, 11) is 0. The van der Waals surface area contributed by atoms with Gasteiger partial charge in [0.2, 0.25) is 0 Å². The highest BCUT2D eigenvalue weighted by Crippen LogP contribution is 2.17. The molecule has 0 atom stereocenters. The number of hydrogen-bond acceptors (Lipinski definition) is 1. The molecule has 1 heterocycles. The standard InChI is InChI=1S/C9H10S.C4H10/c1-3-5-9-7-10-6-8(9)4-2;1-4(2)3/h3-7H,2H2,1H3;4H,1-3H3/b5-3-;. The first-order valence-corrected chi connectivity index (χ1v) is 5.87. The van der Waals surface area contributed by atoms with Crippen molar-refractivity contribution >= 4 is 23.5 Å². The van der Waals surface area contributed by atoms with Gasteiger partial charge in [-0.15, -0.1) is 0 Å². The minimum atomic E-state index is 0.833. The van der Waals surface area contributed by atoms with Crippen LogP contribution >= 0.6 is 11.3 Å². The molecule has 14 heavy (non-hydrogen) atoms. The molecule has 78 valence electrons. The molecule has 1 aromatic rings. The maximum Gasteiger partial charge on any atom is -0.00146 e. The van der Waals surface area contributed by atoms with Crippen molar-refractivity contribution in [3.05, 3.63) is 34.5 Å². The van der Waals surface area contributed by atoms with Crippen LogP contribution in [0.1, 0.15) is 38.8 Å². The Balaban J connectivity index is 0.000000364. The summed E-state index contributed by atoms with van der Waals surface area (Å²) >= 11 is 1.71. The summed E-state index contributed by atoms with van der Waals surface area (Å²) in [6, 6.07) is 0. The van der Waals surface area contributed by atoms with Crippen LogP contribution < -0.4 is 0 Å². The second kappa shape index (κ2) is 7.57. The van der Waals surface area contributed by atoms with Gasteiger partial charge in [-0.3, -0.25) is 0 Å². The van der Waals surface area contributed by atoms with Gasteiger partial charge in [0.25, 0.3) is 0 Å². The van der Waals surface area contributed by atoms with Crippen LogP contribution in [0.3, 0.4) is 0 Å². The first kappa shape index (κ1) is 13.2. The van der Waals surface area contributed by atoms with Gasteiger partial charge >= 0.3 is 0 Å². The fraction of sp³-hybridized carbons (Fsp3) is 0.385. The fourth-order valence-corrected chi connectivity index (χ4v) is 1.61. The van der Waals surface area contributed by atoms with E-state index in [2.05, 4.69) is 44.2 Å². The molecule has 0 nitrogen and oxygen atoms in total. The zero-order valence-corrected chi connectivity index (χ0v) is 10.4. The van der Waals surface area contributed by atoms with E-state index in [1.165, 1.54) is 11.1 Å². The van der Waals surface area contributed by atoms with E-state index in [1.807, 2.05) is 19.1 Å². The minimum Gasteiger partial charge on any atom is -0.151 e. The predicted molar refractivity (Wildman–Crippen MR) is 69.6 cm³/mol. The van der Waals surface area contributed by atoms with Crippen molar-refractivity contribution < 1.29 is 0 Å². The van der Waals surface area contributed by atoms with E-state index in [0.717, 1.165) is 5.92 Å². The molecule has 0 saturated carbocycles. The lowest BCUT2D eigenvalue weighted by molar-refractivity contribution is 0.737. The summed E-state index contributed by atoms with van der Waals surface area (Å²) < 4.78 is 0. The van der Waals surface area contributed by atoms with Crippen LogP contribution in [0.5, 0.6) is 0 Å². The van der Waals surface area contributed by atoms with Gasteiger partial charge in [-0.05, 0) is 34.7 Å². The lowest BCUT2D eigenvalue weighted by Gasteiger charge is -1.87. The third-order valence-electron chi connectivity index (χ3n) is 1.29. The summed E-state index contributed by atoms with van der Waals surface area (Å²) in [5.41, 5.74) is 2.49. The zero-order chi connectivity index (χ0) is 11.0. The van der Waals surface area contributed by atoms with Gasteiger partial charge in [-0.1, -0.05) is 45.6 Å². The van der Waals surface area contributed by atoms with Gasteiger partial charge < -0.3 is 0 Å². The highest BCUT2D eigenvalue weighted by atomic mass is 32.1. The number of rotatable bonds is 2. The third kappa shape index (κ3) is 5.76. The molecule has 0 fully saturated rings. The molecule has 0 unspecified atom stereocenters. The lowest BCUT2D eigenvalue weighted by Crippen LogP contribution is -1.67. The van der Waals surface area contributed by atoms with E-state index in [-0.39, 0.29) is 0 Å². The van der Waals surface area contributed by atoms with Crippen molar-refractivity contribution in [1.29, 1.82) is 0 Å². The van der Waals surface area contributed by atoms with Crippen molar-refractivity contribution in [2.75, 3.05) is 0 Å². The van der Waals surface area contributed by atoms with Gasteiger partial charge in [0.1, 0.15) is 0 Å². The Hall–Kier alpha value is -0.820. The summed E-state index contributed by atoms with van der Waals surface area (Å²) in [5, 5.41) is 4.22. The van der Waals surface area contributed by atoms with Crippen LogP contribution in [0.15, 0.2) is 23.4 Å². The smallest absolute Gasteiger partial charge is 0.00146 e. The molecule has 1 aromatic heterocycles. The molecule has 0 radical (unpaired) electrons. The topological polar surface area (TPSA) is 0 Å². The quantitative estimate of drug-likeness (QED) is 0.635. The number of thiophene rings is 1. The largest absolute Gasteiger partial charge is 0.151 e. The van der Waals surface area contributed by atoms with Gasteiger partial charge in [0, 0.05) is 0 Å². The molecule has 0 aromatic carbocycles. The maximum atomic E-state index is 3.72. The maximum absolute atomic E-state index is 3.72. The van der Waals surface area contributed by atoms with Gasteiger partial charge in [-0.2, -0.15) is 11.3 Å². The van der Waals surface area contributed by atoms with Crippen LogP contribution in [0.4, 0.5) is 0 Å². The first-order chi connectivity index (χ1) is 6.61. The molecule has 0 amide bonds. The van der Waals surface area contributed by atoms with Crippen LogP contribution in [0.25, 0.3) is 12.2 Å². The molecular weight excluding hydrogens is 188 g/mol. The Bertz CT molecular complexity index is 276. The van der Waals surface area contributed by atoms with Crippen LogP contribution in [-0.2, 0) is 0 Å². The molecule has 0 saturated heterocycles. The Kier molecular flexibility index (Phi) is 7.13. The summed E-state index contributed by atoms with van der Waals surface area (Å²) in [6.45, 7) is 12.2. The fourth-order valence-electron chi connectivity index (χ4n) is 0.798. The summed E-state index contributed by atoms with van der Waals surface area (Å²) in [5.74, 6) is 0.833. The Morgan fingerprint density at radius 1 is 1.21 bits per heavy atom. The minimum absolute atomic E-state index is 0.833. The highest BCUT2D eigenvalue weighted by Gasteiger charge is 1.93. The molecule has 0 aliphatic rings. The van der Waals surface area contributed by atoms with Gasteiger partial charge in [0.05, 0.1) is 0 Å². The molecule has 1 rings (SSSR count). The van der Waals surface area contributed by atoms with Gasteiger partial charge in [0.15, 0.2) is 0 Å². The average molecular weight is 208 g/mol. The molecule has 1 heteroatoms.